The summed E-state index contributed by atoms with van der Waals surface area (Å²) in [6.07, 6.45) is 0.345. The third-order valence-electron chi connectivity index (χ3n) is 5.11. The van der Waals surface area contributed by atoms with E-state index in [9.17, 15) is 19.5 Å². The summed E-state index contributed by atoms with van der Waals surface area (Å²) in [6, 6.07) is 9.10. The second-order valence-corrected chi connectivity index (χ2v) is 8.27. The molecule has 0 aromatic heterocycles. The molecule has 168 valence electrons. The highest BCUT2D eigenvalue weighted by Crippen LogP contribution is 2.17. The average Bonchev–Trinajstić information content (AvgIpc) is 2.69. The van der Waals surface area contributed by atoms with Crippen molar-refractivity contribution in [2.24, 2.45) is 11.8 Å². The first-order chi connectivity index (χ1) is 14.1. The predicted molar refractivity (Wildman–Crippen MR) is 116 cm³/mol. The van der Waals surface area contributed by atoms with Crippen molar-refractivity contribution in [3.63, 3.8) is 0 Å². The molecule has 1 aromatic carbocycles. The van der Waals surface area contributed by atoms with Gasteiger partial charge in [-0.1, -0.05) is 57.5 Å². The maximum atomic E-state index is 12.4. The van der Waals surface area contributed by atoms with Crippen LogP contribution in [-0.2, 0) is 20.7 Å². The highest BCUT2D eigenvalue weighted by Gasteiger charge is 2.30. The number of aliphatic carboxylic acids is 1. The van der Waals surface area contributed by atoms with Gasteiger partial charge in [-0.05, 0) is 50.5 Å². The van der Waals surface area contributed by atoms with Crippen molar-refractivity contribution in [1.29, 1.82) is 0 Å². The molecule has 30 heavy (non-hydrogen) atoms. The Labute approximate surface area is 179 Å². The number of hydrogen-bond donors (Lipinski definition) is 3. The number of ether oxygens (including phenoxy) is 1. The summed E-state index contributed by atoms with van der Waals surface area (Å²) in [4.78, 5) is 36.4. The van der Waals surface area contributed by atoms with Crippen LogP contribution in [0.25, 0.3) is 0 Å². The molecule has 0 bridgehead atoms. The van der Waals surface area contributed by atoms with Crippen LogP contribution in [0.2, 0.25) is 0 Å². The number of hydrogen-bond acceptors (Lipinski definition) is 4. The Balaban J connectivity index is 2.65. The number of nitrogens with one attached hydrogen (secondary N) is 2. The number of alkyl carbamates (subject to hydrolysis) is 1. The van der Waals surface area contributed by atoms with Crippen LogP contribution in [-0.4, -0.2) is 41.3 Å². The summed E-state index contributed by atoms with van der Waals surface area (Å²) in [6.45, 7) is 9.38. The van der Waals surface area contributed by atoms with E-state index in [1.807, 2.05) is 65.0 Å². The van der Waals surface area contributed by atoms with E-state index in [0.717, 1.165) is 12.8 Å². The van der Waals surface area contributed by atoms with Crippen LogP contribution >= 0.6 is 0 Å². The van der Waals surface area contributed by atoms with Gasteiger partial charge in [-0.2, -0.15) is 0 Å². The van der Waals surface area contributed by atoms with E-state index in [1.54, 1.807) is 0 Å². The van der Waals surface area contributed by atoms with Gasteiger partial charge in [-0.15, -0.1) is 0 Å². The van der Waals surface area contributed by atoms with Crippen LogP contribution in [0.1, 0.15) is 59.4 Å². The molecular formula is C23H36N2O5. The molecule has 4 atom stereocenters. The van der Waals surface area contributed by atoms with Gasteiger partial charge in [-0.3, -0.25) is 4.79 Å². The van der Waals surface area contributed by atoms with Gasteiger partial charge >= 0.3 is 12.1 Å². The summed E-state index contributed by atoms with van der Waals surface area (Å²) >= 11 is 0. The van der Waals surface area contributed by atoms with E-state index >= 15 is 0 Å². The molecule has 0 spiro atoms. The molecule has 0 aliphatic carbocycles. The van der Waals surface area contributed by atoms with Crippen molar-refractivity contribution < 1.29 is 24.2 Å². The lowest BCUT2D eigenvalue weighted by Crippen LogP contribution is -2.52. The van der Waals surface area contributed by atoms with Crippen molar-refractivity contribution in [3.05, 3.63) is 35.9 Å². The van der Waals surface area contributed by atoms with Gasteiger partial charge in [0.2, 0.25) is 12.0 Å². The standard InChI is InChI=1S/C23H36N2O5/c1-6-17(5)20(21(26)24-15(2)3)25-23(29)30-19(22(27)28)14-16(4)12-13-18-10-8-7-9-11-18/h7-11,15-17,19-20H,6,12-14H2,1-5H3,(H,24,26)(H,25,29)(H,27,28)/t16?,17-,19-,20-/m0/s1. The largest absolute Gasteiger partial charge is 0.479 e. The molecule has 2 amide bonds. The molecule has 0 aliphatic heterocycles. The van der Waals surface area contributed by atoms with Gasteiger partial charge in [0.25, 0.3) is 0 Å². The summed E-state index contributed by atoms with van der Waals surface area (Å²) in [5.41, 5.74) is 1.18. The molecule has 1 rings (SSSR count). The zero-order valence-corrected chi connectivity index (χ0v) is 18.7. The fourth-order valence-electron chi connectivity index (χ4n) is 3.11. The predicted octanol–water partition coefficient (Wildman–Crippen LogP) is 3.76. The van der Waals surface area contributed by atoms with Crippen LogP contribution in [0.5, 0.6) is 0 Å². The van der Waals surface area contributed by atoms with E-state index in [4.69, 9.17) is 4.74 Å². The molecule has 7 heteroatoms. The molecule has 0 heterocycles. The Morgan fingerprint density at radius 1 is 1.03 bits per heavy atom. The zero-order valence-electron chi connectivity index (χ0n) is 18.7. The number of benzene rings is 1. The van der Waals surface area contributed by atoms with Crippen molar-refractivity contribution in [3.8, 4) is 0 Å². The van der Waals surface area contributed by atoms with Gasteiger partial charge in [0.15, 0.2) is 0 Å². The third-order valence-corrected chi connectivity index (χ3v) is 5.11. The van der Waals surface area contributed by atoms with E-state index < -0.39 is 24.2 Å². The molecule has 1 aromatic rings. The number of aryl methyl sites for hydroxylation is 1. The topological polar surface area (TPSA) is 105 Å². The fourth-order valence-corrected chi connectivity index (χ4v) is 3.11. The lowest BCUT2D eigenvalue weighted by atomic mass is 9.95. The average molecular weight is 421 g/mol. The van der Waals surface area contributed by atoms with Crippen molar-refractivity contribution in [1.82, 2.24) is 10.6 Å². The minimum absolute atomic E-state index is 0.0497. The van der Waals surface area contributed by atoms with Gasteiger partial charge in [-0.25, -0.2) is 9.59 Å². The molecule has 1 unspecified atom stereocenters. The Kier molecular flexibility index (Phi) is 10.9. The van der Waals surface area contributed by atoms with Gasteiger partial charge in [0.1, 0.15) is 6.04 Å². The highest BCUT2D eigenvalue weighted by molar-refractivity contribution is 5.86. The lowest BCUT2D eigenvalue weighted by Gasteiger charge is -2.25. The van der Waals surface area contributed by atoms with Crippen molar-refractivity contribution in [2.45, 2.75) is 78.5 Å². The van der Waals surface area contributed by atoms with Crippen molar-refractivity contribution in [2.75, 3.05) is 0 Å². The number of carbonyl (C=O) groups is 3. The smallest absolute Gasteiger partial charge is 0.408 e. The van der Waals surface area contributed by atoms with Gasteiger partial charge in [0, 0.05) is 6.04 Å². The maximum absolute atomic E-state index is 12.4. The maximum Gasteiger partial charge on any atom is 0.408 e. The number of carbonyl (C=O) groups excluding carboxylic acids is 2. The molecule has 0 aliphatic rings. The van der Waals surface area contributed by atoms with Crippen LogP contribution in [0.4, 0.5) is 4.79 Å². The number of rotatable bonds is 12. The van der Waals surface area contributed by atoms with E-state index in [2.05, 4.69) is 10.6 Å². The van der Waals surface area contributed by atoms with Crippen LogP contribution in [0, 0.1) is 11.8 Å². The summed E-state index contributed by atoms with van der Waals surface area (Å²) in [5, 5.41) is 14.8. The molecular weight excluding hydrogens is 384 g/mol. The molecule has 0 fully saturated rings. The first-order valence-electron chi connectivity index (χ1n) is 10.7. The molecule has 3 N–H and O–H groups in total. The Hall–Kier alpha value is -2.57. The molecule has 0 saturated carbocycles. The van der Waals surface area contributed by atoms with Gasteiger partial charge < -0.3 is 20.5 Å². The first-order valence-corrected chi connectivity index (χ1v) is 10.7. The highest BCUT2D eigenvalue weighted by atomic mass is 16.6. The van der Waals surface area contributed by atoms with E-state index in [-0.39, 0.29) is 30.2 Å². The second kappa shape index (κ2) is 12.9. The normalized spacial score (nSPS) is 15.0. The van der Waals surface area contributed by atoms with Crippen LogP contribution in [0.15, 0.2) is 30.3 Å². The molecule has 0 saturated heterocycles. The fraction of sp³-hybridized carbons (Fsp3) is 0.609. The Morgan fingerprint density at radius 2 is 1.67 bits per heavy atom. The van der Waals surface area contributed by atoms with Crippen molar-refractivity contribution >= 4 is 18.0 Å². The van der Waals surface area contributed by atoms with Gasteiger partial charge in [0.05, 0.1) is 0 Å². The first kappa shape index (κ1) is 25.5. The third kappa shape index (κ3) is 9.29. The molecule has 0 radical (unpaired) electrons. The van der Waals surface area contributed by atoms with E-state index in [1.165, 1.54) is 5.56 Å². The van der Waals surface area contributed by atoms with E-state index in [0.29, 0.717) is 6.42 Å². The zero-order chi connectivity index (χ0) is 22.7. The molecule has 7 nitrogen and oxygen atoms in total. The number of carboxylic acids is 1. The number of amides is 2. The minimum atomic E-state index is -1.26. The monoisotopic (exact) mass is 420 g/mol. The lowest BCUT2D eigenvalue weighted by molar-refractivity contribution is -0.147. The number of carboxylic acid groups (broad SMARTS) is 1. The SMILES string of the molecule is CC[C@H](C)[C@H](NC(=O)O[C@@H](CC(C)CCc1ccccc1)C(=O)O)C(=O)NC(C)C. The Bertz CT molecular complexity index is 677. The summed E-state index contributed by atoms with van der Waals surface area (Å²) < 4.78 is 5.19. The van der Waals surface area contributed by atoms with Crippen LogP contribution in [0.3, 0.4) is 0 Å². The van der Waals surface area contributed by atoms with Crippen LogP contribution < -0.4 is 10.6 Å². The quantitative estimate of drug-likeness (QED) is 0.477. The summed E-state index contributed by atoms with van der Waals surface area (Å²) in [5.74, 6) is -1.57. The second-order valence-electron chi connectivity index (χ2n) is 8.27. The Morgan fingerprint density at radius 3 is 2.20 bits per heavy atom. The minimum Gasteiger partial charge on any atom is -0.479 e. The summed E-state index contributed by atoms with van der Waals surface area (Å²) in [7, 11) is 0.